The molecule has 1 aromatic heterocycles. The minimum Gasteiger partial charge on any atom is -0.293 e. The van der Waals surface area contributed by atoms with Crippen LogP contribution >= 0.6 is 0 Å². The second-order valence-electron chi connectivity index (χ2n) is 2.91. The van der Waals surface area contributed by atoms with Crippen molar-refractivity contribution in [3.63, 3.8) is 0 Å². The monoisotopic (exact) mass is 174 g/mol. The topological polar surface area (TPSA) is 25.2 Å². The van der Waals surface area contributed by atoms with Crippen LogP contribution in [0.25, 0.3) is 0 Å². The van der Waals surface area contributed by atoms with E-state index in [2.05, 4.69) is 16.6 Å². The first kappa shape index (κ1) is 9.65. The van der Waals surface area contributed by atoms with E-state index in [-0.39, 0.29) is 0 Å². The highest BCUT2D eigenvalue weighted by Gasteiger charge is 1.99. The Kier molecular flexibility index (Phi) is 3.38. The zero-order chi connectivity index (χ0) is 9.68. The summed E-state index contributed by atoms with van der Waals surface area (Å²) in [6.07, 6.45) is 2.57. The second-order valence-corrected chi connectivity index (χ2v) is 2.91. The Morgan fingerprint density at radius 3 is 2.85 bits per heavy atom. The van der Waals surface area contributed by atoms with Gasteiger partial charge in [0.25, 0.3) is 0 Å². The highest BCUT2D eigenvalue weighted by Crippen LogP contribution is 2.04. The van der Waals surface area contributed by atoms with E-state index in [0.29, 0.717) is 0 Å². The normalized spacial score (nSPS) is 11.4. The Labute approximate surface area is 79.0 Å². The number of aliphatic imine (C=N–C) groups is 1. The van der Waals surface area contributed by atoms with Crippen LogP contribution in [-0.4, -0.2) is 17.7 Å². The summed E-state index contributed by atoms with van der Waals surface area (Å²) in [5, 5.41) is 0. The number of aromatic nitrogens is 1. The van der Waals surface area contributed by atoms with Crippen LogP contribution in [-0.2, 0) is 6.42 Å². The summed E-state index contributed by atoms with van der Waals surface area (Å²) in [6, 6.07) is 5.88. The highest BCUT2D eigenvalue weighted by atomic mass is 14.7. The summed E-state index contributed by atoms with van der Waals surface area (Å²) in [4.78, 5) is 8.29. The van der Waals surface area contributed by atoms with E-state index in [1.807, 2.05) is 25.1 Å². The predicted molar refractivity (Wildman–Crippen MR) is 56.1 cm³/mol. The van der Waals surface area contributed by atoms with Crippen LogP contribution < -0.4 is 0 Å². The molecule has 0 aliphatic rings. The quantitative estimate of drug-likeness (QED) is 0.645. The van der Waals surface area contributed by atoms with Crippen molar-refractivity contribution in [2.45, 2.75) is 13.3 Å². The van der Waals surface area contributed by atoms with Gasteiger partial charge in [-0.05, 0) is 24.6 Å². The Hall–Kier alpha value is -1.44. The molecular formula is C11H14N2. The van der Waals surface area contributed by atoms with E-state index in [1.165, 1.54) is 0 Å². The molecule has 0 aromatic carbocycles. The standard InChI is InChI=1S/C11H14N2/c1-9(10(2)12-3)8-11-6-4-5-7-13-11/h4-7H,1,8H2,2-3H3. The summed E-state index contributed by atoms with van der Waals surface area (Å²) in [6.45, 7) is 5.91. The summed E-state index contributed by atoms with van der Waals surface area (Å²) >= 11 is 0. The van der Waals surface area contributed by atoms with Gasteiger partial charge in [0.15, 0.2) is 0 Å². The molecule has 0 bridgehead atoms. The molecule has 13 heavy (non-hydrogen) atoms. The fourth-order valence-electron chi connectivity index (χ4n) is 1.01. The van der Waals surface area contributed by atoms with Crippen LogP contribution in [0.1, 0.15) is 12.6 Å². The zero-order valence-corrected chi connectivity index (χ0v) is 8.12. The Morgan fingerprint density at radius 1 is 1.54 bits per heavy atom. The molecule has 0 saturated heterocycles. The van der Waals surface area contributed by atoms with E-state index in [1.54, 1.807) is 13.2 Å². The van der Waals surface area contributed by atoms with Crippen molar-refractivity contribution < 1.29 is 0 Å². The van der Waals surface area contributed by atoms with Crippen LogP contribution in [0.2, 0.25) is 0 Å². The van der Waals surface area contributed by atoms with E-state index in [9.17, 15) is 0 Å². The molecule has 0 aliphatic heterocycles. The van der Waals surface area contributed by atoms with Crippen LogP contribution in [0.3, 0.4) is 0 Å². The molecule has 2 heteroatoms. The Balaban J connectivity index is 2.66. The summed E-state index contributed by atoms with van der Waals surface area (Å²) in [5.74, 6) is 0. The number of pyridine rings is 1. The van der Waals surface area contributed by atoms with Crippen molar-refractivity contribution in [3.8, 4) is 0 Å². The summed E-state index contributed by atoms with van der Waals surface area (Å²) in [5.41, 5.74) is 3.06. The van der Waals surface area contributed by atoms with E-state index >= 15 is 0 Å². The van der Waals surface area contributed by atoms with Crippen LogP contribution in [0.5, 0.6) is 0 Å². The van der Waals surface area contributed by atoms with Crippen LogP contribution in [0.4, 0.5) is 0 Å². The van der Waals surface area contributed by atoms with Gasteiger partial charge in [0, 0.05) is 31.1 Å². The molecule has 1 heterocycles. The van der Waals surface area contributed by atoms with Gasteiger partial charge in [0.2, 0.25) is 0 Å². The van der Waals surface area contributed by atoms with Crippen LogP contribution in [0.15, 0.2) is 41.5 Å². The predicted octanol–water partition coefficient (Wildman–Crippen LogP) is 2.27. The molecule has 1 rings (SSSR count). The number of allylic oxidation sites excluding steroid dienone is 1. The average Bonchev–Trinajstić information content (AvgIpc) is 2.18. The van der Waals surface area contributed by atoms with Gasteiger partial charge in [0.05, 0.1) is 0 Å². The molecule has 1 aromatic rings. The average molecular weight is 174 g/mol. The van der Waals surface area contributed by atoms with Crippen LogP contribution in [0, 0.1) is 0 Å². The summed E-state index contributed by atoms with van der Waals surface area (Å²) < 4.78 is 0. The number of hydrogen-bond donors (Lipinski definition) is 0. The van der Waals surface area contributed by atoms with Crippen molar-refractivity contribution in [1.29, 1.82) is 0 Å². The molecule has 0 unspecified atom stereocenters. The molecule has 0 spiro atoms. The Morgan fingerprint density at radius 2 is 2.31 bits per heavy atom. The lowest BCUT2D eigenvalue weighted by atomic mass is 10.1. The minimum absolute atomic E-state index is 0.782. The first-order valence-electron chi connectivity index (χ1n) is 4.25. The maximum Gasteiger partial charge on any atom is 0.0447 e. The van der Waals surface area contributed by atoms with Gasteiger partial charge >= 0.3 is 0 Å². The first-order chi connectivity index (χ1) is 6.24. The number of hydrogen-bond acceptors (Lipinski definition) is 2. The highest BCUT2D eigenvalue weighted by molar-refractivity contribution is 5.97. The van der Waals surface area contributed by atoms with Crippen molar-refractivity contribution in [3.05, 3.63) is 42.2 Å². The van der Waals surface area contributed by atoms with Gasteiger partial charge in [-0.25, -0.2) is 0 Å². The second kappa shape index (κ2) is 4.55. The largest absolute Gasteiger partial charge is 0.293 e. The lowest BCUT2D eigenvalue weighted by molar-refractivity contribution is 1.09. The van der Waals surface area contributed by atoms with Crippen molar-refractivity contribution in [2.75, 3.05) is 7.05 Å². The Bertz CT molecular complexity index is 312. The lowest BCUT2D eigenvalue weighted by Crippen LogP contribution is -2.00. The molecule has 0 atom stereocenters. The van der Waals surface area contributed by atoms with E-state index in [4.69, 9.17) is 0 Å². The maximum atomic E-state index is 4.22. The molecule has 0 aliphatic carbocycles. The van der Waals surface area contributed by atoms with Gasteiger partial charge in [-0.1, -0.05) is 12.6 Å². The third-order valence-corrected chi connectivity index (χ3v) is 1.97. The molecule has 2 nitrogen and oxygen atoms in total. The first-order valence-corrected chi connectivity index (χ1v) is 4.25. The van der Waals surface area contributed by atoms with E-state index < -0.39 is 0 Å². The van der Waals surface area contributed by atoms with Crippen molar-refractivity contribution in [1.82, 2.24) is 4.98 Å². The number of nitrogens with zero attached hydrogens (tertiary/aromatic N) is 2. The SMILES string of the molecule is C=C(Cc1ccccn1)C(C)=NC. The molecule has 0 radical (unpaired) electrons. The fourth-order valence-corrected chi connectivity index (χ4v) is 1.01. The zero-order valence-electron chi connectivity index (χ0n) is 8.12. The minimum atomic E-state index is 0.782. The molecule has 68 valence electrons. The third-order valence-electron chi connectivity index (χ3n) is 1.97. The van der Waals surface area contributed by atoms with Gasteiger partial charge in [-0.15, -0.1) is 0 Å². The van der Waals surface area contributed by atoms with Gasteiger partial charge < -0.3 is 0 Å². The third kappa shape index (κ3) is 2.82. The smallest absolute Gasteiger partial charge is 0.0447 e. The molecular weight excluding hydrogens is 160 g/mol. The molecule has 0 N–H and O–H groups in total. The molecule has 0 fully saturated rings. The van der Waals surface area contributed by atoms with Gasteiger partial charge in [-0.2, -0.15) is 0 Å². The molecule has 0 amide bonds. The van der Waals surface area contributed by atoms with Crippen molar-refractivity contribution >= 4 is 5.71 Å². The summed E-state index contributed by atoms with van der Waals surface area (Å²) in [7, 11) is 1.78. The fraction of sp³-hybridized carbons (Fsp3) is 0.273. The van der Waals surface area contributed by atoms with Crippen molar-refractivity contribution in [2.24, 2.45) is 4.99 Å². The maximum absolute atomic E-state index is 4.22. The van der Waals surface area contributed by atoms with E-state index in [0.717, 1.165) is 23.4 Å². The van der Waals surface area contributed by atoms with Gasteiger partial charge in [-0.3, -0.25) is 9.98 Å². The lowest BCUT2D eigenvalue weighted by Gasteiger charge is -2.03. The number of rotatable bonds is 3. The van der Waals surface area contributed by atoms with Gasteiger partial charge in [0.1, 0.15) is 0 Å². The molecule has 0 saturated carbocycles.